The largest absolute Gasteiger partial charge is 0.449 e. The number of amides is 1. The zero-order valence-corrected chi connectivity index (χ0v) is 9.62. The highest BCUT2D eigenvalue weighted by Crippen LogP contribution is 2.08. The van der Waals surface area contributed by atoms with Gasteiger partial charge >= 0.3 is 5.97 Å². The molecule has 0 rings (SSSR count). The summed E-state index contributed by atoms with van der Waals surface area (Å²) in [4.78, 5) is 32.2. The van der Waals surface area contributed by atoms with Gasteiger partial charge in [0, 0.05) is 0 Å². The van der Waals surface area contributed by atoms with E-state index in [1.54, 1.807) is 0 Å². The van der Waals surface area contributed by atoms with Crippen molar-refractivity contribution in [2.24, 2.45) is 5.73 Å². The Labute approximate surface area is 107 Å². The Hall–Kier alpha value is -1.59. The van der Waals surface area contributed by atoms with Gasteiger partial charge in [-0.25, -0.2) is 4.79 Å². The predicted molar refractivity (Wildman–Crippen MR) is 56.3 cm³/mol. The molecule has 5 atom stereocenters. The van der Waals surface area contributed by atoms with E-state index in [-0.39, 0.29) is 6.29 Å². The van der Waals surface area contributed by atoms with Crippen LogP contribution in [0.5, 0.6) is 0 Å². The van der Waals surface area contributed by atoms with Gasteiger partial charge in [0.1, 0.15) is 18.3 Å². The topological polar surface area (TPSA) is 188 Å². The summed E-state index contributed by atoms with van der Waals surface area (Å²) in [6.45, 7) is -0.915. The molecule has 0 saturated carbocycles. The molecule has 10 heteroatoms. The third kappa shape index (κ3) is 4.89. The van der Waals surface area contributed by atoms with Crippen molar-refractivity contribution in [2.45, 2.75) is 30.5 Å². The Morgan fingerprint density at radius 3 is 2.05 bits per heavy atom. The SMILES string of the molecule is NC(=O)C(O)C(=O)OC(C=O)C(O)C(O)C(O)CO. The molecule has 0 aromatic rings. The Bertz CT molecular complexity index is 334. The molecule has 0 saturated heterocycles. The molecule has 0 fully saturated rings. The van der Waals surface area contributed by atoms with Gasteiger partial charge < -0.3 is 36.0 Å². The third-order valence-electron chi connectivity index (χ3n) is 2.15. The lowest BCUT2D eigenvalue weighted by Crippen LogP contribution is -2.49. The van der Waals surface area contributed by atoms with E-state index < -0.39 is 49.0 Å². The lowest BCUT2D eigenvalue weighted by Gasteiger charge is -2.25. The molecule has 0 aromatic carbocycles. The molecule has 7 N–H and O–H groups in total. The van der Waals surface area contributed by atoms with Crippen molar-refractivity contribution < 1.29 is 44.7 Å². The zero-order valence-electron chi connectivity index (χ0n) is 9.62. The van der Waals surface area contributed by atoms with Crippen LogP contribution in [0.4, 0.5) is 0 Å². The fourth-order valence-electron chi connectivity index (χ4n) is 1.02. The number of primary amides is 1. The highest BCUT2D eigenvalue weighted by atomic mass is 16.6. The Kier molecular flexibility index (Phi) is 7.11. The number of aldehydes is 1. The maximum Gasteiger partial charge on any atom is 0.345 e. The fraction of sp³-hybridized carbons (Fsp3) is 0.667. The van der Waals surface area contributed by atoms with Gasteiger partial charge in [-0.3, -0.25) is 9.59 Å². The third-order valence-corrected chi connectivity index (χ3v) is 2.15. The normalized spacial score (nSPS) is 18.8. The van der Waals surface area contributed by atoms with Gasteiger partial charge in [0.15, 0.2) is 12.4 Å². The van der Waals surface area contributed by atoms with Gasteiger partial charge in [-0.05, 0) is 0 Å². The van der Waals surface area contributed by atoms with Crippen LogP contribution in [0.1, 0.15) is 0 Å². The number of aliphatic hydroxyl groups is 5. The molecule has 0 aliphatic carbocycles. The molecule has 0 aromatic heterocycles. The number of hydrogen-bond donors (Lipinski definition) is 6. The maximum atomic E-state index is 11.1. The van der Waals surface area contributed by atoms with Crippen LogP contribution in [0, 0.1) is 0 Å². The van der Waals surface area contributed by atoms with E-state index in [2.05, 4.69) is 10.5 Å². The lowest BCUT2D eigenvalue weighted by atomic mass is 10.0. The quantitative estimate of drug-likeness (QED) is 0.144. The summed E-state index contributed by atoms with van der Waals surface area (Å²) in [6, 6.07) is 0. The summed E-state index contributed by atoms with van der Waals surface area (Å²) in [5.41, 5.74) is 4.60. The molecule has 10 nitrogen and oxygen atoms in total. The molecule has 1 amide bonds. The van der Waals surface area contributed by atoms with Crippen LogP contribution in [0.15, 0.2) is 0 Å². The number of hydrogen-bond acceptors (Lipinski definition) is 9. The summed E-state index contributed by atoms with van der Waals surface area (Å²) < 4.78 is 4.24. The van der Waals surface area contributed by atoms with Crippen LogP contribution in [-0.2, 0) is 19.1 Å². The Morgan fingerprint density at radius 2 is 1.68 bits per heavy atom. The van der Waals surface area contributed by atoms with Gasteiger partial charge in [0.05, 0.1) is 6.61 Å². The fourth-order valence-corrected chi connectivity index (χ4v) is 1.02. The maximum absolute atomic E-state index is 11.1. The van der Waals surface area contributed by atoms with Crippen LogP contribution < -0.4 is 5.73 Å². The van der Waals surface area contributed by atoms with Gasteiger partial charge in [-0.15, -0.1) is 0 Å². The predicted octanol–water partition coefficient (Wildman–Crippen LogP) is -4.98. The molecular formula is C9H15NO9. The van der Waals surface area contributed by atoms with E-state index in [0.717, 1.165) is 0 Å². The second kappa shape index (κ2) is 7.76. The van der Waals surface area contributed by atoms with E-state index in [1.165, 1.54) is 0 Å². The number of nitrogens with two attached hydrogens (primary N) is 1. The first-order valence-electron chi connectivity index (χ1n) is 5.04. The Balaban J connectivity index is 4.70. The van der Waals surface area contributed by atoms with E-state index >= 15 is 0 Å². The van der Waals surface area contributed by atoms with Crippen molar-refractivity contribution in [3.05, 3.63) is 0 Å². The molecule has 110 valence electrons. The van der Waals surface area contributed by atoms with Crippen molar-refractivity contribution >= 4 is 18.2 Å². The summed E-state index contributed by atoms with van der Waals surface area (Å²) in [6.07, 6.45) is -10.2. The van der Waals surface area contributed by atoms with Gasteiger partial charge in [-0.1, -0.05) is 0 Å². The molecule has 0 bridgehead atoms. The highest BCUT2D eigenvalue weighted by molar-refractivity contribution is 6.00. The minimum Gasteiger partial charge on any atom is -0.449 e. The first kappa shape index (κ1) is 17.4. The highest BCUT2D eigenvalue weighted by Gasteiger charge is 2.35. The standard InChI is InChI=1S/C9H15NO9/c10-8(17)7(16)9(18)19-4(2-12)6(15)5(14)3(13)1-11/h2-7,11,13-16H,1H2,(H2,10,17). The first-order valence-corrected chi connectivity index (χ1v) is 5.04. The van der Waals surface area contributed by atoms with E-state index in [4.69, 9.17) is 15.3 Å². The minimum absolute atomic E-state index is 0.0937. The monoisotopic (exact) mass is 281 g/mol. The molecular weight excluding hydrogens is 266 g/mol. The smallest absolute Gasteiger partial charge is 0.345 e. The van der Waals surface area contributed by atoms with Gasteiger partial charge in [0.2, 0.25) is 6.10 Å². The van der Waals surface area contributed by atoms with Crippen molar-refractivity contribution in [1.82, 2.24) is 0 Å². The number of carbonyl (C=O) groups is 3. The van der Waals surface area contributed by atoms with Crippen molar-refractivity contribution in [3.8, 4) is 0 Å². The van der Waals surface area contributed by atoms with E-state index in [1.807, 2.05) is 0 Å². The minimum atomic E-state index is -2.34. The van der Waals surface area contributed by atoms with Crippen molar-refractivity contribution in [1.29, 1.82) is 0 Å². The van der Waals surface area contributed by atoms with Gasteiger partial charge in [-0.2, -0.15) is 0 Å². The van der Waals surface area contributed by atoms with Crippen LogP contribution in [0.25, 0.3) is 0 Å². The second-order valence-electron chi connectivity index (χ2n) is 3.57. The molecule has 0 aliphatic rings. The summed E-state index contributed by atoms with van der Waals surface area (Å²) in [7, 11) is 0. The average Bonchev–Trinajstić information content (AvgIpc) is 2.40. The molecule has 19 heavy (non-hydrogen) atoms. The van der Waals surface area contributed by atoms with E-state index in [0.29, 0.717) is 0 Å². The molecule has 0 heterocycles. The lowest BCUT2D eigenvalue weighted by molar-refractivity contribution is -0.176. The summed E-state index contributed by atoms with van der Waals surface area (Å²) in [5.74, 6) is -3.03. The summed E-state index contributed by atoms with van der Waals surface area (Å²) >= 11 is 0. The molecule has 0 aliphatic heterocycles. The number of ether oxygens (including phenoxy) is 1. The van der Waals surface area contributed by atoms with Crippen LogP contribution in [0.3, 0.4) is 0 Å². The second-order valence-corrected chi connectivity index (χ2v) is 3.57. The van der Waals surface area contributed by atoms with Crippen molar-refractivity contribution in [3.63, 3.8) is 0 Å². The molecule has 0 spiro atoms. The van der Waals surface area contributed by atoms with Crippen LogP contribution in [0.2, 0.25) is 0 Å². The number of carbonyl (C=O) groups excluding carboxylic acids is 3. The first-order chi connectivity index (χ1) is 8.76. The van der Waals surface area contributed by atoms with Gasteiger partial charge in [0.25, 0.3) is 5.91 Å². The zero-order chi connectivity index (χ0) is 15.2. The molecule has 5 unspecified atom stereocenters. The van der Waals surface area contributed by atoms with Crippen molar-refractivity contribution in [2.75, 3.05) is 6.61 Å². The summed E-state index contributed by atoms with van der Waals surface area (Å²) in [5, 5.41) is 45.2. The number of aliphatic hydroxyl groups excluding tert-OH is 5. The van der Waals surface area contributed by atoms with Crippen LogP contribution >= 0.6 is 0 Å². The van der Waals surface area contributed by atoms with E-state index in [9.17, 15) is 24.6 Å². The number of rotatable bonds is 8. The average molecular weight is 281 g/mol. The number of esters is 1. The molecule has 0 radical (unpaired) electrons. The Morgan fingerprint density at radius 1 is 1.16 bits per heavy atom. The van der Waals surface area contributed by atoms with Crippen LogP contribution in [-0.4, -0.2) is 80.8 Å².